The molecule has 0 saturated heterocycles. The molecule has 2 amide bonds. The van der Waals surface area contributed by atoms with Crippen molar-refractivity contribution >= 4 is 11.8 Å². The number of amides is 2. The minimum absolute atomic E-state index is 0.0464. The maximum absolute atomic E-state index is 11.8. The second-order valence-electron chi connectivity index (χ2n) is 4.51. The van der Waals surface area contributed by atoms with E-state index in [9.17, 15) is 9.59 Å². The topological polar surface area (TPSA) is 99.8 Å². The van der Waals surface area contributed by atoms with Crippen molar-refractivity contribution in [1.82, 2.24) is 25.8 Å². The molecule has 0 saturated carbocycles. The number of carbonyl (C=O) groups is 2. The third-order valence-electron chi connectivity index (χ3n) is 2.38. The quantitative estimate of drug-likeness (QED) is 0.688. The van der Waals surface area contributed by atoms with Crippen molar-refractivity contribution in [2.75, 3.05) is 7.05 Å². The number of aryl methyl sites for hydroxylation is 1. The van der Waals surface area contributed by atoms with Crippen LogP contribution in [0.3, 0.4) is 0 Å². The van der Waals surface area contributed by atoms with E-state index in [0.29, 0.717) is 18.2 Å². The van der Waals surface area contributed by atoms with Crippen LogP contribution >= 0.6 is 0 Å². The van der Waals surface area contributed by atoms with Gasteiger partial charge in [0.1, 0.15) is 11.9 Å². The Hall–Kier alpha value is -1.92. The second-order valence-corrected chi connectivity index (χ2v) is 4.51. The van der Waals surface area contributed by atoms with E-state index < -0.39 is 11.9 Å². The Balaban J connectivity index is 2.71. The normalized spacial score (nSPS) is 12.3. The van der Waals surface area contributed by atoms with Crippen molar-refractivity contribution in [2.45, 2.75) is 33.2 Å². The van der Waals surface area contributed by atoms with Gasteiger partial charge >= 0.3 is 0 Å². The lowest BCUT2D eigenvalue weighted by atomic mass is 10.0. The molecule has 0 aliphatic carbocycles. The molecule has 0 aromatic carbocycles. The van der Waals surface area contributed by atoms with Crippen LogP contribution in [0.15, 0.2) is 0 Å². The van der Waals surface area contributed by atoms with E-state index in [-0.39, 0.29) is 11.7 Å². The van der Waals surface area contributed by atoms with Gasteiger partial charge in [0.05, 0.1) is 0 Å². The highest BCUT2D eigenvalue weighted by atomic mass is 16.2. The lowest BCUT2D eigenvalue weighted by Gasteiger charge is -2.18. The molecule has 0 radical (unpaired) electrons. The van der Waals surface area contributed by atoms with Crippen LogP contribution in [0.2, 0.25) is 0 Å². The summed E-state index contributed by atoms with van der Waals surface area (Å²) >= 11 is 0. The summed E-state index contributed by atoms with van der Waals surface area (Å²) in [5.41, 5.74) is 0. The van der Waals surface area contributed by atoms with Gasteiger partial charge in [0, 0.05) is 7.05 Å². The first-order valence-electron chi connectivity index (χ1n) is 5.85. The molecule has 3 N–H and O–H groups in total. The molecule has 1 heterocycles. The molecule has 1 rings (SSSR count). The Labute approximate surface area is 106 Å². The molecule has 1 aromatic rings. The monoisotopic (exact) mass is 253 g/mol. The molecule has 0 spiro atoms. The van der Waals surface area contributed by atoms with E-state index in [2.05, 4.69) is 25.8 Å². The van der Waals surface area contributed by atoms with Crippen LogP contribution in [0.1, 0.15) is 36.7 Å². The third kappa shape index (κ3) is 3.83. The lowest BCUT2D eigenvalue weighted by molar-refractivity contribution is -0.122. The summed E-state index contributed by atoms with van der Waals surface area (Å²) in [6, 6.07) is -0.568. The smallest absolute Gasteiger partial charge is 0.291 e. The SMILES string of the molecule is CNC(=O)C(CC(C)C)NC(=O)c1n[nH]c(C)n1. The van der Waals surface area contributed by atoms with Gasteiger partial charge in [0.25, 0.3) is 5.91 Å². The highest BCUT2D eigenvalue weighted by Crippen LogP contribution is 2.05. The molecular formula is C11H19N5O2. The summed E-state index contributed by atoms with van der Waals surface area (Å²) in [5.74, 6) is 0.227. The first-order chi connectivity index (χ1) is 8.43. The first kappa shape index (κ1) is 14.1. The van der Waals surface area contributed by atoms with Crippen LogP contribution in [-0.2, 0) is 4.79 Å². The Bertz CT molecular complexity index is 427. The number of likely N-dealkylation sites (N-methyl/N-ethyl adjacent to an activating group) is 1. The Morgan fingerprint density at radius 3 is 2.50 bits per heavy atom. The zero-order chi connectivity index (χ0) is 13.7. The van der Waals surface area contributed by atoms with Crippen molar-refractivity contribution < 1.29 is 9.59 Å². The van der Waals surface area contributed by atoms with Crippen molar-refractivity contribution in [3.8, 4) is 0 Å². The second kappa shape index (κ2) is 6.13. The van der Waals surface area contributed by atoms with Crippen LogP contribution in [0.4, 0.5) is 0 Å². The minimum atomic E-state index is -0.568. The van der Waals surface area contributed by atoms with E-state index in [0.717, 1.165) is 0 Å². The molecule has 1 aromatic heterocycles. The highest BCUT2D eigenvalue weighted by Gasteiger charge is 2.23. The van der Waals surface area contributed by atoms with Crippen LogP contribution in [-0.4, -0.2) is 40.1 Å². The maximum atomic E-state index is 11.8. The van der Waals surface area contributed by atoms with Gasteiger partial charge in [-0.2, -0.15) is 0 Å². The fraction of sp³-hybridized carbons (Fsp3) is 0.636. The number of hydrogen-bond donors (Lipinski definition) is 3. The average Bonchev–Trinajstić information content (AvgIpc) is 2.73. The molecule has 18 heavy (non-hydrogen) atoms. The summed E-state index contributed by atoms with van der Waals surface area (Å²) < 4.78 is 0. The van der Waals surface area contributed by atoms with Crippen molar-refractivity contribution in [3.63, 3.8) is 0 Å². The standard InChI is InChI=1S/C11H19N5O2/c1-6(2)5-8(10(17)12-4)14-11(18)9-13-7(3)15-16-9/h6,8H,5H2,1-4H3,(H,12,17)(H,14,18)(H,13,15,16). The zero-order valence-corrected chi connectivity index (χ0v) is 11.1. The molecule has 1 atom stereocenters. The predicted molar refractivity (Wildman–Crippen MR) is 65.9 cm³/mol. The number of hydrogen-bond acceptors (Lipinski definition) is 4. The van der Waals surface area contributed by atoms with Gasteiger partial charge in [-0.05, 0) is 19.3 Å². The van der Waals surface area contributed by atoms with E-state index in [4.69, 9.17) is 0 Å². The fourth-order valence-corrected chi connectivity index (χ4v) is 1.54. The summed E-state index contributed by atoms with van der Waals surface area (Å²) in [6.07, 6.45) is 0.564. The summed E-state index contributed by atoms with van der Waals surface area (Å²) in [6.45, 7) is 5.67. The molecule has 100 valence electrons. The van der Waals surface area contributed by atoms with Crippen LogP contribution in [0.5, 0.6) is 0 Å². The van der Waals surface area contributed by atoms with Gasteiger partial charge < -0.3 is 10.6 Å². The Morgan fingerprint density at radius 1 is 1.39 bits per heavy atom. The molecule has 0 aliphatic rings. The summed E-state index contributed by atoms with van der Waals surface area (Å²) in [5, 5.41) is 11.5. The number of aromatic nitrogens is 3. The van der Waals surface area contributed by atoms with Crippen LogP contribution in [0, 0.1) is 12.8 Å². The number of aromatic amines is 1. The molecule has 1 unspecified atom stereocenters. The van der Waals surface area contributed by atoms with Gasteiger partial charge in [0.15, 0.2) is 0 Å². The fourth-order valence-electron chi connectivity index (χ4n) is 1.54. The average molecular weight is 253 g/mol. The minimum Gasteiger partial charge on any atom is -0.357 e. The van der Waals surface area contributed by atoms with E-state index in [1.54, 1.807) is 14.0 Å². The van der Waals surface area contributed by atoms with Gasteiger partial charge in [-0.15, -0.1) is 5.10 Å². The molecule has 7 heteroatoms. The predicted octanol–water partition coefficient (Wildman–Crippen LogP) is 0.00362. The van der Waals surface area contributed by atoms with E-state index >= 15 is 0 Å². The summed E-state index contributed by atoms with van der Waals surface area (Å²) in [7, 11) is 1.54. The van der Waals surface area contributed by atoms with Crippen molar-refractivity contribution in [2.24, 2.45) is 5.92 Å². The number of nitrogens with one attached hydrogen (secondary N) is 3. The Kier molecular flexibility index (Phi) is 4.82. The van der Waals surface area contributed by atoms with Crippen molar-refractivity contribution in [3.05, 3.63) is 11.6 Å². The number of rotatable bonds is 5. The van der Waals surface area contributed by atoms with Crippen LogP contribution in [0.25, 0.3) is 0 Å². The first-order valence-corrected chi connectivity index (χ1v) is 5.85. The van der Waals surface area contributed by atoms with Gasteiger partial charge in [-0.25, -0.2) is 4.98 Å². The zero-order valence-electron chi connectivity index (χ0n) is 11.1. The van der Waals surface area contributed by atoms with E-state index in [1.165, 1.54) is 0 Å². The summed E-state index contributed by atoms with van der Waals surface area (Å²) in [4.78, 5) is 27.4. The van der Waals surface area contributed by atoms with Crippen molar-refractivity contribution in [1.29, 1.82) is 0 Å². The molecule has 0 aliphatic heterocycles. The van der Waals surface area contributed by atoms with Crippen LogP contribution < -0.4 is 10.6 Å². The van der Waals surface area contributed by atoms with Gasteiger partial charge in [-0.1, -0.05) is 13.8 Å². The third-order valence-corrected chi connectivity index (χ3v) is 2.38. The number of carbonyl (C=O) groups excluding carboxylic acids is 2. The molecule has 7 nitrogen and oxygen atoms in total. The largest absolute Gasteiger partial charge is 0.357 e. The molecule has 0 fully saturated rings. The number of nitrogens with zero attached hydrogens (tertiary/aromatic N) is 2. The van der Waals surface area contributed by atoms with Gasteiger partial charge in [-0.3, -0.25) is 14.7 Å². The Morgan fingerprint density at radius 2 is 2.06 bits per heavy atom. The lowest BCUT2D eigenvalue weighted by Crippen LogP contribution is -2.46. The highest BCUT2D eigenvalue weighted by molar-refractivity contribution is 5.94. The van der Waals surface area contributed by atoms with Gasteiger partial charge in [0.2, 0.25) is 11.7 Å². The maximum Gasteiger partial charge on any atom is 0.291 e. The molecule has 0 bridgehead atoms. The van der Waals surface area contributed by atoms with E-state index in [1.807, 2.05) is 13.8 Å². The number of H-pyrrole nitrogens is 1. The molecular weight excluding hydrogens is 234 g/mol.